The van der Waals surface area contributed by atoms with Gasteiger partial charge in [0.1, 0.15) is 25.1 Å². The number of carbonyl (C=O) groups excluding carboxylic acids is 1. The van der Waals surface area contributed by atoms with E-state index in [2.05, 4.69) is 25.5 Å². The number of terminal acetylenes is 1. The lowest BCUT2D eigenvalue weighted by molar-refractivity contribution is -0.140. The number of rotatable bonds is 5. The van der Waals surface area contributed by atoms with Crippen LogP contribution in [0.25, 0.3) is 0 Å². The second kappa shape index (κ2) is 6.97. The number of hydrogen-bond donors (Lipinski definition) is 1. The highest BCUT2D eigenvalue weighted by Crippen LogP contribution is 2.30. The number of hydrogen-bond acceptors (Lipinski definition) is 4. The maximum atomic E-state index is 10.8. The van der Waals surface area contributed by atoms with Crippen LogP contribution in [0.3, 0.4) is 0 Å². The molecule has 0 aliphatic rings. The molecule has 0 heterocycles. The zero-order valence-electron chi connectivity index (χ0n) is 12.1. The van der Waals surface area contributed by atoms with Crippen LogP contribution in [0, 0.1) is 12.3 Å². The first-order valence-electron chi connectivity index (χ1n) is 6.38. The second-order valence-electron chi connectivity index (χ2n) is 5.45. The highest BCUT2D eigenvalue weighted by molar-refractivity contribution is 5.87. The molecule has 1 N–H and O–H groups in total. The Hall–Kier alpha value is -1.99. The smallest absolute Gasteiger partial charge is 0.384 e. The SMILES string of the molecule is C#CC(=O)OCC(O)COc1ccccc1C(C)(C)C. The summed E-state index contributed by atoms with van der Waals surface area (Å²) in [5.41, 5.74) is 0.991. The van der Waals surface area contributed by atoms with E-state index in [1.54, 1.807) is 0 Å². The minimum absolute atomic E-state index is 0.0327. The van der Waals surface area contributed by atoms with Crippen LogP contribution < -0.4 is 4.74 Å². The number of aliphatic hydroxyl groups is 1. The molecule has 0 aliphatic heterocycles. The largest absolute Gasteiger partial charge is 0.490 e. The quantitative estimate of drug-likeness (QED) is 0.507. The van der Waals surface area contributed by atoms with E-state index in [1.165, 1.54) is 0 Å². The van der Waals surface area contributed by atoms with Gasteiger partial charge in [0.2, 0.25) is 0 Å². The Morgan fingerprint density at radius 1 is 1.35 bits per heavy atom. The molecule has 4 heteroatoms. The molecule has 0 aromatic heterocycles. The molecule has 0 radical (unpaired) electrons. The first kappa shape index (κ1) is 16.1. The van der Waals surface area contributed by atoms with Gasteiger partial charge in [-0.1, -0.05) is 39.0 Å². The molecule has 0 spiro atoms. The van der Waals surface area contributed by atoms with Crippen molar-refractivity contribution in [2.45, 2.75) is 32.3 Å². The molecular weight excluding hydrogens is 256 g/mol. The fourth-order valence-electron chi connectivity index (χ4n) is 1.66. The van der Waals surface area contributed by atoms with Gasteiger partial charge in [-0.05, 0) is 17.0 Å². The minimum Gasteiger partial charge on any atom is -0.490 e. The molecule has 20 heavy (non-hydrogen) atoms. The van der Waals surface area contributed by atoms with Crippen molar-refractivity contribution in [3.63, 3.8) is 0 Å². The van der Waals surface area contributed by atoms with Crippen molar-refractivity contribution in [3.8, 4) is 18.1 Å². The Morgan fingerprint density at radius 2 is 2.00 bits per heavy atom. The fourth-order valence-corrected chi connectivity index (χ4v) is 1.66. The predicted molar refractivity (Wildman–Crippen MR) is 76.4 cm³/mol. The van der Waals surface area contributed by atoms with Gasteiger partial charge < -0.3 is 14.6 Å². The maximum Gasteiger partial charge on any atom is 0.384 e. The van der Waals surface area contributed by atoms with Gasteiger partial charge in [0.05, 0.1) is 0 Å². The van der Waals surface area contributed by atoms with Crippen LogP contribution in [0.15, 0.2) is 24.3 Å². The molecule has 1 aromatic carbocycles. The Labute approximate surface area is 119 Å². The number of aliphatic hydroxyl groups excluding tert-OH is 1. The van der Waals surface area contributed by atoms with Gasteiger partial charge in [-0.3, -0.25) is 0 Å². The average Bonchev–Trinajstić information content (AvgIpc) is 2.41. The third-order valence-corrected chi connectivity index (χ3v) is 2.65. The van der Waals surface area contributed by atoms with Crippen molar-refractivity contribution in [3.05, 3.63) is 29.8 Å². The van der Waals surface area contributed by atoms with Crippen LogP contribution >= 0.6 is 0 Å². The second-order valence-corrected chi connectivity index (χ2v) is 5.45. The zero-order valence-corrected chi connectivity index (χ0v) is 12.1. The summed E-state index contributed by atoms with van der Waals surface area (Å²) in [6, 6.07) is 7.65. The van der Waals surface area contributed by atoms with Gasteiger partial charge in [-0.25, -0.2) is 4.79 Å². The first-order chi connectivity index (χ1) is 9.34. The first-order valence-corrected chi connectivity index (χ1v) is 6.38. The van der Waals surface area contributed by atoms with Crippen LogP contribution in [0.2, 0.25) is 0 Å². The summed E-state index contributed by atoms with van der Waals surface area (Å²) in [5.74, 6) is 1.73. The molecule has 108 valence electrons. The Kier molecular flexibility index (Phi) is 5.60. The van der Waals surface area contributed by atoms with E-state index in [0.717, 1.165) is 5.56 Å². The van der Waals surface area contributed by atoms with E-state index in [0.29, 0.717) is 5.75 Å². The van der Waals surface area contributed by atoms with Gasteiger partial charge in [0.15, 0.2) is 0 Å². The number of esters is 1. The van der Waals surface area contributed by atoms with Crippen molar-refractivity contribution in [2.75, 3.05) is 13.2 Å². The van der Waals surface area contributed by atoms with Crippen LogP contribution in [-0.2, 0) is 14.9 Å². The summed E-state index contributed by atoms with van der Waals surface area (Å²) in [7, 11) is 0. The molecule has 1 rings (SSSR count). The molecule has 1 aromatic rings. The highest BCUT2D eigenvalue weighted by Gasteiger charge is 2.19. The van der Waals surface area contributed by atoms with E-state index in [4.69, 9.17) is 11.2 Å². The van der Waals surface area contributed by atoms with Crippen molar-refractivity contribution in [1.82, 2.24) is 0 Å². The van der Waals surface area contributed by atoms with Gasteiger partial charge >= 0.3 is 5.97 Å². The summed E-state index contributed by atoms with van der Waals surface area (Å²) in [6.07, 6.45) is 3.94. The maximum absolute atomic E-state index is 10.8. The normalized spacial score (nSPS) is 12.3. The standard InChI is InChI=1S/C16H20O4/c1-5-15(18)20-11-12(17)10-19-14-9-7-6-8-13(14)16(2,3)4/h1,6-9,12,17H,10-11H2,2-4H3. The number of ether oxygens (including phenoxy) is 2. The van der Waals surface area contributed by atoms with E-state index >= 15 is 0 Å². The molecule has 0 fully saturated rings. The fraction of sp³-hybridized carbons (Fsp3) is 0.438. The molecule has 0 bridgehead atoms. The zero-order chi connectivity index (χ0) is 15.2. The third-order valence-electron chi connectivity index (χ3n) is 2.65. The Morgan fingerprint density at radius 3 is 2.60 bits per heavy atom. The van der Waals surface area contributed by atoms with Crippen LogP contribution in [0.4, 0.5) is 0 Å². The monoisotopic (exact) mass is 276 g/mol. The summed E-state index contributed by atoms with van der Waals surface area (Å²) >= 11 is 0. The number of para-hydroxylation sites is 1. The van der Waals surface area contributed by atoms with E-state index in [9.17, 15) is 9.90 Å². The van der Waals surface area contributed by atoms with E-state index in [1.807, 2.05) is 30.2 Å². The van der Waals surface area contributed by atoms with Crippen molar-refractivity contribution in [1.29, 1.82) is 0 Å². The van der Waals surface area contributed by atoms with Gasteiger partial charge in [-0.15, -0.1) is 6.42 Å². The molecule has 1 unspecified atom stereocenters. The Balaban J connectivity index is 2.58. The average molecular weight is 276 g/mol. The van der Waals surface area contributed by atoms with Crippen LogP contribution in [-0.4, -0.2) is 30.4 Å². The molecule has 1 atom stereocenters. The topological polar surface area (TPSA) is 55.8 Å². The van der Waals surface area contributed by atoms with Crippen molar-refractivity contribution >= 4 is 5.97 Å². The predicted octanol–water partition coefficient (Wildman–Crippen LogP) is 1.90. The molecule has 0 saturated heterocycles. The van der Waals surface area contributed by atoms with Crippen LogP contribution in [0.5, 0.6) is 5.75 Å². The summed E-state index contributed by atoms with van der Waals surface area (Å²) in [4.78, 5) is 10.8. The lowest BCUT2D eigenvalue weighted by Crippen LogP contribution is -2.25. The van der Waals surface area contributed by atoms with Gasteiger partial charge in [0, 0.05) is 5.92 Å². The van der Waals surface area contributed by atoms with Crippen molar-refractivity contribution in [2.24, 2.45) is 0 Å². The summed E-state index contributed by atoms with van der Waals surface area (Å²) in [5, 5.41) is 9.68. The summed E-state index contributed by atoms with van der Waals surface area (Å²) in [6.45, 7) is 6.10. The lowest BCUT2D eigenvalue weighted by Gasteiger charge is -2.23. The number of carbonyl (C=O) groups is 1. The molecule has 0 saturated carbocycles. The molecule has 0 aliphatic carbocycles. The Bertz CT molecular complexity index is 494. The summed E-state index contributed by atoms with van der Waals surface area (Å²) < 4.78 is 10.2. The lowest BCUT2D eigenvalue weighted by atomic mass is 9.86. The van der Waals surface area contributed by atoms with Gasteiger partial charge in [-0.2, -0.15) is 0 Å². The third kappa shape index (κ3) is 4.94. The number of benzene rings is 1. The molecule has 4 nitrogen and oxygen atoms in total. The molecular formula is C16H20O4. The highest BCUT2D eigenvalue weighted by atomic mass is 16.5. The van der Waals surface area contributed by atoms with E-state index in [-0.39, 0.29) is 18.6 Å². The van der Waals surface area contributed by atoms with E-state index < -0.39 is 12.1 Å². The molecule has 0 amide bonds. The minimum atomic E-state index is -0.916. The van der Waals surface area contributed by atoms with Crippen molar-refractivity contribution < 1.29 is 19.4 Å². The van der Waals surface area contributed by atoms with Gasteiger partial charge in [0.25, 0.3) is 0 Å². The van der Waals surface area contributed by atoms with Crippen LogP contribution in [0.1, 0.15) is 26.3 Å².